The Hall–Kier alpha value is -3.72. The minimum absolute atomic E-state index is 0.166. The number of aromatic nitrogens is 2. The highest BCUT2D eigenvalue weighted by atomic mass is 19.1. The Bertz CT molecular complexity index is 1080. The number of rotatable bonds is 8. The molecule has 2 heterocycles. The molecule has 3 aromatic rings. The van der Waals surface area contributed by atoms with Crippen LogP contribution in [0, 0.1) is 5.82 Å². The third kappa shape index (κ3) is 4.89. The molecule has 0 saturated heterocycles. The number of halogens is 1. The summed E-state index contributed by atoms with van der Waals surface area (Å²) in [5, 5.41) is 5.91. The van der Waals surface area contributed by atoms with Crippen LogP contribution in [-0.2, 0) is 4.74 Å². The molecule has 1 aliphatic heterocycles. The molecule has 9 heteroatoms. The summed E-state index contributed by atoms with van der Waals surface area (Å²) in [6.07, 6.45) is 2.14. The van der Waals surface area contributed by atoms with Crippen molar-refractivity contribution in [1.82, 2.24) is 15.3 Å². The molecule has 0 aliphatic carbocycles. The van der Waals surface area contributed by atoms with Crippen molar-refractivity contribution < 1.29 is 23.4 Å². The fourth-order valence-electron chi connectivity index (χ4n) is 3.00. The van der Waals surface area contributed by atoms with E-state index in [0.717, 1.165) is 0 Å². The van der Waals surface area contributed by atoms with E-state index < -0.39 is 0 Å². The fourth-order valence-corrected chi connectivity index (χ4v) is 3.00. The van der Waals surface area contributed by atoms with E-state index in [1.165, 1.54) is 18.3 Å². The zero-order valence-electron chi connectivity index (χ0n) is 16.9. The largest absolute Gasteiger partial charge is 0.454 e. The number of carbonyl (C=O) groups excluding carboxylic acids is 1. The Balaban J connectivity index is 1.64. The van der Waals surface area contributed by atoms with Gasteiger partial charge in [0.15, 0.2) is 17.3 Å². The minimum Gasteiger partial charge on any atom is -0.454 e. The van der Waals surface area contributed by atoms with Gasteiger partial charge in [0.2, 0.25) is 6.79 Å². The summed E-state index contributed by atoms with van der Waals surface area (Å²) in [6, 6.07) is 11.2. The number of nitrogens with zero attached hydrogens (tertiary/aromatic N) is 2. The maximum Gasteiger partial charge on any atom is 0.256 e. The van der Waals surface area contributed by atoms with E-state index in [4.69, 9.17) is 14.2 Å². The van der Waals surface area contributed by atoms with Gasteiger partial charge in [-0.3, -0.25) is 4.79 Å². The van der Waals surface area contributed by atoms with Crippen LogP contribution in [0.25, 0.3) is 11.4 Å². The minimum atomic E-state index is -0.356. The molecule has 4 rings (SSSR count). The van der Waals surface area contributed by atoms with Crippen molar-refractivity contribution in [1.29, 1.82) is 0 Å². The van der Waals surface area contributed by atoms with Crippen molar-refractivity contribution in [2.24, 2.45) is 0 Å². The Morgan fingerprint density at radius 3 is 2.77 bits per heavy atom. The van der Waals surface area contributed by atoms with E-state index in [1.807, 2.05) is 6.07 Å². The highest BCUT2D eigenvalue weighted by Gasteiger charge is 2.18. The number of carbonyl (C=O) groups is 1. The van der Waals surface area contributed by atoms with Crippen LogP contribution in [0.15, 0.2) is 48.7 Å². The number of fused-ring (bicyclic) bond motifs is 1. The molecule has 1 amide bonds. The molecule has 0 bridgehead atoms. The zero-order chi connectivity index (χ0) is 21.6. The van der Waals surface area contributed by atoms with E-state index in [2.05, 4.69) is 20.6 Å². The van der Waals surface area contributed by atoms with Crippen molar-refractivity contribution in [3.8, 4) is 22.9 Å². The average Bonchev–Trinajstić information content (AvgIpc) is 3.26. The highest BCUT2D eigenvalue weighted by Crippen LogP contribution is 2.35. The maximum absolute atomic E-state index is 13.3. The quantitative estimate of drug-likeness (QED) is 0.534. The predicted octanol–water partition coefficient (Wildman–Crippen LogP) is 3.52. The first kappa shape index (κ1) is 20.5. The monoisotopic (exact) mass is 424 g/mol. The molecule has 8 nitrogen and oxygen atoms in total. The highest BCUT2D eigenvalue weighted by molar-refractivity contribution is 5.99. The summed E-state index contributed by atoms with van der Waals surface area (Å²) >= 11 is 0. The molecule has 0 unspecified atom stereocenters. The third-order valence-corrected chi connectivity index (χ3v) is 4.58. The normalized spacial score (nSPS) is 11.9. The van der Waals surface area contributed by atoms with Gasteiger partial charge in [-0.15, -0.1) is 0 Å². The second kappa shape index (κ2) is 9.40. The molecule has 160 valence electrons. The number of hydrogen-bond donors (Lipinski definition) is 2. The van der Waals surface area contributed by atoms with Gasteiger partial charge < -0.3 is 24.8 Å². The SMILES string of the molecule is COCCCNC(=O)c1cnc(-c2ccc3c(c2)OCO3)nc1Nc1ccc(F)cc1. The van der Waals surface area contributed by atoms with E-state index >= 15 is 0 Å². The summed E-state index contributed by atoms with van der Waals surface area (Å²) in [6.45, 7) is 1.16. The summed E-state index contributed by atoms with van der Waals surface area (Å²) < 4.78 is 29.0. The molecule has 1 aromatic heterocycles. The van der Waals surface area contributed by atoms with Crippen LogP contribution >= 0.6 is 0 Å². The average molecular weight is 424 g/mol. The van der Waals surface area contributed by atoms with Crippen molar-refractivity contribution in [2.45, 2.75) is 6.42 Å². The van der Waals surface area contributed by atoms with Gasteiger partial charge in [-0.05, 0) is 48.9 Å². The van der Waals surface area contributed by atoms with Crippen LogP contribution in [0.2, 0.25) is 0 Å². The lowest BCUT2D eigenvalue weighted by atomic mass is 10.1. The predicted molar refractivity (Wildman–Crippen MR) is 112 cm³/mol. The van der Waals surface area contributed by atoms with Crippen LogP contribution in [0.3, 0.4) is 0 Å². The number of amides is 1. The maximum atomic E-state index is 13.3. The second-order valence-corrected chi connectivity index (χ2v) is 6.76. The van der Waals surface area contributed by atoms with Gasteiger partial charge in [0, 0.05) is 37.7 Å². The van der Waals surface area contributed by atoms with Gasteiger partial charge in [0.1, 0.15) is 17.2 Å². The van der Waals surface area contributed by atoms with E-state index in [0.29, 0.717) is 54.0 Å². The van der Waals surface area contributed by atoms with Crippen molar-refractivity contribution in [3.05, 3.63) is 60.0 Å². The third-order valence-electron chi connectivity index (χ3n) is 4.58. The van der Waals surface area contributed by atoms with Crippen LogP contribution in [0.1, 0.15) is 16.8 Å². The van der Waals surface area contributed by atoms with Gasteiger partial charge in [-0.25, -0.2) is 14.4 Å². The number of hydrogen-bond acceptors (Lipinski definition) is 7. The lowest BCUT2D eigenvalue weighted by molar-refractivity contribution is 0.0949. The van der Waals surface area contributed by atoms with Crippen molar-refractivity contribution in [2.75, 3.05) is 32.4 Å². The molecular weight excluding hydrogens is 403 g/mol. The van der Waals surface area contributed by atoms with Crippen molar-refractivity contribution >= 4 is 17.4 Å². The molecule has 1 aliphatic rings. The first-order chi connectivity index (χ1) is 15.1. The number of nitrogens with one attached hydrogen (secondary N) is 2. The zero-order valence-corrected chi connectivity index (χ0v) is 16.9. The van der Waals surface area contributed by atoms with E-state index in [-0.39, 0.29) is 24.1 Å². The van der Waals surface area contributed by atoms with E-state index in [9.17, 15) is 9.18 Å². The van der Waals surface area contributed by atoms with Crippen molar-refractivity contribution in [3.63, 3.8) is 0 Å². The fraction of sp³-hybridized carbons (Fsp3) is 0.227. The summed E-state index contributed by atoms with van der Waals surface area (Å²) in [7, 11) is 1.61. The first-order valence-corrected chi connectivity index (χ1v) is 9.71. The first-order valence-electron chi connectivity index (χ1n) is 9.71. The molecule has 0 saturated carbocycles. The number of ether oxygens (including phenoxy) is 3. The molecule has 31 heavy (non-hydrogen) atoms. The van der Waals surface area contributed by atoms with Gasteiger partial charge in [-0.2, -0.15) is 0 Å². The standard InChI is InChI=1S/C22H21FN4O4/c1-29-10-2-9-24-22(28)17-12-25-20(14-3-8-18-19(11-14)31-13-30-18)27-21(17)26-16-6-4-15(23)5-7-16/h3-8,11-12H,2,9-10,13H2,1H3,(H,24,28)(H,25,26,27). The lowest BCUT2D eigenvalue weighted by Gasteiger charge is -2.13. The Labute approximate surface area is 178 Å². The molecule has 0 spiro atoms. The van der Waals surface area contributed by atoms with Crippen LogP contribution in [-0.4, -0.2) is 42.9 Å². The summed E-state index contributed by atoms with van der Waals surface area (Å²) in [4.78, 5) is 21.6. The topological polar surface area (TPSA) is 94.6 Å². The smallest absolute Gasteiger partial charge is 0.256 e. The van der Waals surface area contributed by atoms with Crippen LogP contribution in [0.5, 0.6) is 11.5 Å². The molecule has 0 atom stereocenters. The van der Waals surface area contributed by atoms with Crippen LogP contribution in [0.4, 0.5) is 15.9 Å². The molecule has 2 aromatic carbocycles. The van der Waals surface area contributed by atoms with Gasteiger partial charge in [-0.1, -0.05) is 0 Å². The molecule has 0 fully saturated rings. The number of anilines is 2. The summed E-state index contributed by atoms with van der Waals surface area (Å²) in [5.41, 5.74) is 1.56. The van der Waals surface area contributed by atoms with Gasteiger partial charge in [0.25, 0.3) is 5.91 Å². The Morgan fingerprint density at radius 1 is 1.16 bits per heavy atom. The Kier molecular flexibility index (Phi) is 6.23. The Morgan fingerprint density at radius 2 is 1.97 bits per heavy atom. The molecular formula is C22H21FN4O4. The molecule has 0 radical (unpaired) electrons. The summed E-state index contributed by atoms with van der Waals surface area (Å²) in [5.74, 6) is 1.29. The number of benzene rings is 2. The number of methoxy groups -OCH3 is 1. The van der Waals surface area contributed by atoms with Gasteiger partial charge >= 0.3 is 0 Å². The van der Waals surface area contributed by atoms with Crippen LogP contribution < -0.4 is 20.1 Å². The second-order valence-electron chi connectivity index (χ2n) is 6.76. The lowest BCUT2D eigenvalue weighted by Crippen LogP contribution is -2.26. The molecule has 2 N–H and O–H groups in total. The van der Waals surface area contributed by atoms with Gasteiger partial charge in [0.05, 0.1) is 0 Å². The van der Waals surface area contributed by atoms with E-state index in [1.54, 1.807) is 31.4 Å².